The van der Waals surface area contributed by atoms with Crippen molar-refractivity contribution >= 4 is 40.2 Å². The first-order valence-corrected chi connectivity index (χ1v) is 15.4. The molecule has 0 unspecified atom stereocenters. The minimum atomic E-state index is -2.76. The largest absolute Gasteiger partial charge is 0.495 e. The van der Waals surface area contributed by atoms with Crippen LogP contribution in [0.5, 0.6) is 17.2 Å². The Labute approximate surface area is 271 Å². The number of hydrogen-bond donors (Lipinski definition) is 2. The number of methoxy groups -OCH3 is 1. The number of piperidine rings is 2. The van der Waals surface area contributed by atoms with E-state index in [4.69, 9.17) is 14.3 Å². The van der Waals surface area contributed by atoms with E-state index in [0.29, 0.717) is 59.3 Å². The Hall–Kier alpha value is -4.91. The quantitative estimate of drug-likeness (QED) is 0.148. The molecule has 2 aromatic heterocycles. The van der Waals surface area contributed by atoms with E-state index in [-0.39, 0.29) is 17.9 Å². The van der Waals surface area contributed by atoms with Crippen LogP contribution in [-0.2, 0) is 4.79 Å². The summed E-state index contributed by atoms with van der Waals surface area (Å²) in [5.41, 5.74) is 1.69. The van der Waals surface area contributed by atoms with Gasteiger partial charge in [0.15, 0.2) is 0 Å². The molecule has 0 atom stereocenters. The Morgan fingerprint density at radius 3 is 2.49 bits per heavy atom. The third-order valence-electron chi connectivity index (χ3n) is 7.99. The number of nitrogens with zero attached hydrogens (tertiary/aromatic N) is 5. The number of aromatic nitrogens is 3. The number of rotatable bonds is 9. The van der Waals surface area contributed by atoms with E-state index in [9.17, 15) is 8.78 Å². The number of carbonyl (C=O) groups is 1. The third kappa shape index (κ3) is 8.67. The zero-order valence-electron chi connectivity index (χ0n) is 26.4. The van der Waals surface area contributed by atoms with Crippen molar-refractivity contribution in [3.63, 3.8) is 0 Å². The lowest BCUT2D eigenvalue weighted by atomic mass is 10.0. The number of carbonyl (C=O) groups excluding carboxylic acids is 1. The molecule has 2 aliphatic heterocycles. The van der Waals surface area contributed by atoms with Gasteiger partial charge in [0.05, 0.1) is 30.5 Å². The number of nitrogens with one attached hydrogen (secondary N) is 2. The van der Waals surface area contributed by atoms with Crippen LogP contribution in [0.15, 0.2) is 67.6 Å². The summed E-state index contributed by atoms with van der Waals surface area (Å²) in [4.78, 5) is 25.9. The van der Waals surface area contributed by atoms with Crippen molar-refractivity contribution in [2.24, 2.45) is 0 Å². The highest BCUT2D eigenvalue weighted by molar-refractivity contribution is 5.95. The Morgan fingerprint density at radius 1 is 1.02 bits per heavy atom. The summed E-state index contributed by atoms with van der Waals surface area (Å²) in [6.45, 7) is 5.24. The second-order valence-electron chi connectivity index (χ2n) is 11.5. The number of pyridine rings is 1. The van der Waals surface area contributed by atoms with Crippen molar-refractivity contribution < 1.29 is 27.4 Å². The molecule has 2 aromatic carbocycles. The van der Waals surface area contributed by atoms with Crippen LogP contribution in [0, 0.1) is 5.82 Å². The molecule has 10 nitrogen and oxygen atoms in total. The highest BCUT2D eigenvalue weighted by atomic mass is 19.3. The lowest BCUT2D eigenvalue weighted by Gasteiger charge is -2.33. The molecule has 2 N–H and O–H groups in total. The molecule has 4 heterocycles. The first-order chi connectivity index (χ1) is 22.7. The van der Waals surface area contributed by atoms with Gasteiger partial charge in [0.2, 0.25) is 0 Å². The zero-order chi connectivity index (χ0) is 33.4. The summed E-state index contributed by atoms with van der Waals surface area (Å²) in [5, 5.41) is 7.41. The normalized spacial score (nSPS) is 16.5. The van der Waals surface area contributed by atoms with Crippen LogP contribution in [0.3, 0.4) is 0 Å². The smallest absolute Gasteiger partial charge is 0.265 e. The number of ether oxygens (including phenoxy) is 2. The number of aldehydes is 1. The number of fused-ring (bicyclic) bond motifs is 1. The lowest BCUT2D eigenvalue weighted by Crippen LogP contribution is -2.43. The zero-order valence-corrected chi connectivity index (χ0v) is 26.4. The summed E-state index contributed by atoms with van der Waals surface area (Å²) in [7, 11) is 3.75. The summed E-state index contributed by atoms with van der Waals surface area (Å²) in [5.74, 6) is -1.15. The van der Waals surface area contributed by atoms with Gasteiger partial charge in [-0.3, -0.25) is 4.79 Å². The average Bonchev–Trinajstić information content (AvgIpc) is 3.06. The van der Waals surface area contributed by atoms with Gasteiger partial charge in [-0.2, -0.15) is 0 Å². The molecule has 47 heavy (non-hydrogen) atoms. The van der Waals surface area contributed by atoms with Crippen LogP contribution in [0.2, 0.25) is 0 Å². The van der Waals surface area contributed by atoms with Crippen molar-refractivity contribution in [1.29, 1.82) is 0 Å². The second-order valence-corrected chi connectivity index (χ2v) is 11.5. The minimum Gasteiger partial charge on any atom is -0.495 e. The van der Waals surface area contributed by atoms with Gasteiger partial charge in [-0.25, -0.2) is 28.1 Å². The molecule has 4 aromatic rings. The Bertz CT molecular complexity index is 1690. The SMILES string of the molecule is C=CC=O.COc1cc2ncnc(Nc3ccc(Oc4ccnc(N5CCCC(F)(F)C5)c4)cc3F)c2cc1NC1CCN(C)CC1. The van der Waals surface area contributed by atoms with Gasteiger partial charge in [0.25, 0.3) is 5.92 Å². The Kier molecular flexibility index (Phi) is 10.8. The van der Waals surface area contributed by atoms with E-state index >= 15 is 4.39 Å². The summed E-state index contributed by atoms with van der Waals surface area (Å²) < 4.78 is 54.6. The van der Waals surface area contributed by atoms with Crippen LogP contribution in [-0.4, -0.2) is 78.4 Å². The molecule has 2 saturated heterocycles. The fraction of sp³-hybridized carbons (Fsp3) is 0.353. The van der Waals surface area contributed by atoms with Crippen molar-refractivity contribution in [2.75, 3.05) is 55.9 Å². The highest BCUT2D eigenvalue weighted by Gasteiger charge is 2.35. The number of anilines is 4. The molecule has 13 heteroatoms. The molecule has 0 saturated carbocycles. The van der Waals surface area contributed by atoms with Gasteiger partial charge in [-0.1, -0.05) is 6.58 Å². The number of halogens is 3. The van der Waals surface area contributed by atoms with Crippen molar-refractivity contribution in [3.05, 3.63) is 73.5 Å². The van der Waals surface area contributed by atoms with Crippen molar-refractivity contribution in [1.82, 2.24) is 19.9 Å². The van der Waals surface area contributed by atoms with Gasteiger partial charge in [0.1, 0.15) is 47.3 Å². The number of allylic oxidation sites excluding steroid dienone is 1. The predicted octanol–water partition coefficient (Wildman–Crippen LogP) is 6.82. The van der Waals surface area contributed by atoms with Crippen molar-refractivity contribution in [2.45, 2.75) is 37.6 Å². The van der Waals surface area contributed by atoms with Crippen molar-refractivity contribution in [3.8, 4) is 17.2 Å². The lowest BCUT2D eigenvalue weighted by molar-refractivity contribution is -0.104. The topological polar surface area (TPSA) is 105 Å². The predicted molar refractivity (Wildman–Crippen MR) is 177 cm³/mol. The molecule has 6 rings (SSSR count). The maximum Gasteiger partial charge on any atom is 0.265 e. The third-order valence-corrected chi connectivity index (χ3v) is 7.99. The average molecular weight is 650 g/mol. The molecule has 0 bridgehead atoms. The van der Waals surface area contributed by atoms with Crippen LogP contribution < -0.4 is 25.0 Å². The van der Waals surface area contributed by atoms with Crippen LogP contribution in [0.4, 0.5) is 36.2 Å². The first kappa shape index (κ1) is 33.5. The molecule has 2 fully saturated rings. The van der Waals surface area contributed by atoms with Crippen LogP contribution >= 0.6 is 0 Å². The van der Waals surface area contributed by atoms with E-state index in [1.54, 1.807) is 36.3 Å². The Balaban J connectivity index is 0.00000103. The molecule has 248 valence electrons. The summed E-state index contributed by atoms with van der Waals surface area (Å²) in [6, 6.07) is 11.7. The maximum atomic E-state index is 15.3. The number of benzene rings is 2. The first-order valence-electron chi connectivity index (χ1n) is 15.4. The summed E-state index contributed by atoms with van der Waals surface area (Å²) >= 11 is 0. The van der Waals surface area contributed by atoms with Gasteiger partial charge >= 0.3 is 0 Å². The van der Waals surface area contributed by atoms with Gasteiger partial charge < -0.3 is 29.9 Å². The van der Waals surface area contributed by atoms with Gasteiger partial charge in [-0.05, 0) is 69.7 Å². The number of likely N-dealkylation sites (tertiary alicyclic amines) is 1. The molecule has 0 aliphatic carbocycles. The Morgan fingerprint density at radius 2 is 1.79 bits per heavy atom. The van der Waals surface area contributed by atoms with E-state index in [1.165, 1.54) is 24.7 Å². The molecular formula is C34H38F3N7O3. The second kappa shape index (κ2) is 15.1. The van der Waals surface area contributed by atoms with Crippen LogP contribution in [0.25, 0.3) is 10.9 Å². The highest BCUT2D eigenvalue weighted by Crippen LogP contribution is 2.36. The van der Waals surface area contributed by atoms with E-state index < -0.39 is 18.3 Å². The molecule has 0 spiro atoms. The van der Waals surface area contributed by atoms with E-state index in [0.717, 1.165) is 31.6 Å². The van der Waals surface area contributed by atoms with E-state index in [1.807, 2.05) is 12.1 Å². The molecule has 0 amide bonds. The van der Waals surface area contributed by atoms with Gasteiger partial charge in [-0.15, -0.1) is 0 Å². The summed E-state index contributed by atoms with van der Waals surface area (Å²) in [6.07, 6.45) is 7.03. The molecular weight excluding hydrogens is 611 g/mol. The van der Waals surface area contributed by atoms with Crippen LogP contribution in [0.1, 0.15) is 25.7 Å². The molecule has 2 aliphatic rings. The fourth-order valence-electron chi connectivity index (χ4n) is 5.56. The minimum absolute atomic E-state index is 0.130. The fourth-order valence-corrected chi connectivity index (χ4v) is 5.56. The maximum absolute atomic E-state index is 15.3. The number of hydrogen-bond acceptors (Lipinski definition) is 10. The monoisotopic (exact) mass is 649 g/mol. The number of alkyl halides is 2. The molecule has 0 radical (unpaired) electrons. The van der Waals surface area contributed by atoms with Gasteiger partial charge in [0, 0.05) is 48.8 Å². The van der Waals surface area contributed by atoms with E-state index in [2.05, 4.69) is 44.1 Å². The standard InChI is InChI=1S/C31H34F3N7O2.C3H4O/c1-40-12-7-20(8-13-40)38-27-16-23-26(17-28(27)42-2)36-19-37-30(23)39-25-5-4-21(14-24(25)32)43-22-6-10-35-29(15-22)41-11-3-9-31(33,34)18-41;1-2-3-4/h4-6,10,14-17,19-20,38H,3,7-9,11-13,18H2,1-2H3,(H,36,37,39);2-3H,1H2.